The number of ether oxygens (including phenoxy) is 2. The van der Waals surface area contributed by atoms with E-state index in [0.29, 0.717) is 22.6 Å². The smallest absolute Gasteiger partial charge is 0.125 e. The Morgan fingerprint density at radius 3 is 2.57 bits per heavy atom. The molecule has 0 radical (unpaired) electrons. The predicted molar refractivity (Wildman–Crippen MR) is 82.1 cm³/mol. The van der Waals surface area contributed by atoms with Crippen LogP contribution in [0, 0.1) is 11.3 Å². The monoisotopic (exact) mass is 347 g/mol. The summed E-state index contributed by atoms with van der Waals surface area (Å²) in [5, 5.41) is 18.3. The van der Waals surface area contributed by atoms with Crippen LogP contribution in [0.15, 0.2) is 40.9 Å². The van der Waals surface area contributed by atoms with Crippen LogP contribution in [-0.2, 0) is 13.2 Å². The quantitative estimate of drug-likeness (QED) is 0.900. The van der Waals surface area contributed by atoms with Crippen molar-refractivity contribution in [2.75, 3.05) is 7.11 Å². The van der Waals surface area contributed by atoms with Gasteiger partial charge in [0.05, 0.1) is 25.3 Å². The van der Waals surface area contributed by atoms with Crippen molar-refractivity contribution in [1.29, 1.82) is 5.26 Å². The molecule has 0 saturated heterocycles. The Balaban J connectivity index is 2.22. The lowest BCUT2D eigenvalue weighted by Crippen LogP contribution is -2.01. The third-order valence-electron chi connectivity index (χ3n) is 2.99. The second kappa shape index (κ2) is 7.11. The minimum Gasteiger partial charge on any atom is -0.496 e. The molecular weight excluding hydrogens is 334 g/mol. The van der Waals surface area contributed by atoms with Crippen LogP contribution in [0.4, 0.5) is 0 Å². The molecule has 0 aromatic heterocycles. The van der Waals surface area contributed by atoms with Crippen molar-refractivity contribution in [3.8, 4) is 17.6 Å². The lowest BCUT2D eigenvalue weighted by molar-refractivity contribution is 0.256. The summed E-state index contributed by atoms with van der Waals surface area (Å²) in [7, 11) is 1.57. The summed E-state index contributed by atoms with van der Waals surface area (Å²) in [5.41, 5.74) is 2.02. The van der Waals surface area contributed by atoms with Crippen molar-refractivity contribution in [2.45, 2.75) is 13.2 Å². The first-order chi connectivity index (χ1) is 10.2. The third-order valence-corrected chi connectivity index (χ3v) is 3.48. The van der Waals surface area contributed by atoms with Gasteiger partial charge in [0.1, 0.15) is 18.1 Å². The molecule has 1 N–H and O–H groups in total. The Hall–Kier alpha value is -2.03. The van der Waals surface area contributed by atoms with Gasteiger partial charge < -0.3 is 14.6 Å². The number of aliphatic hydroxyl groups excluding tert-OH is 1. The van der Waals surface area contributed by atoms with Gasteiger partial charge in [-0.05, 0) is 36.4 Å². The normalized spacial score (nSPS) is 10.0. The van der Waals surface area contributed by atoms with E-state index in [2.05, 4.69) is 22.0 Å². The van der Waals surface area contributed by atoms with Crippen LogP contribution in [0.1, 0.15) is 16.7 Å². The van der Waals surface area contributed by atoms with E-state index >= 15 is 0 Å². The Morgan fingerprint density at radius 2 is 1.90 bits per heavy atom. The van der Waals surface area contributed by atoms with Crippen molar-refractivity contribution >= 4 is 15.9 Å². The topological polar surface area (TPSA) is 62.5 Å². The fourth-order valence-corrected chi connectivity index (χ4v) is 2.34. The molecule has 0 aliphatic heterocycles. The van der Waals surface area contributed by atoms with E-state index in [1.807, 2.05) is 6.07 Å². The largest absolute Gasteiger partial charge is 0.496 e. The molecule has 108 valence electrons. The van der Waals surface area contributed by atoms with Crippen molar-refractivity contribution < 1.29 is 14.6 Å². The second-order valence-electron chi connectivity index (χ2n) is 4.34. The minimum atomic E-state index is -0.107. The molecule has 0 saturated carbocycles. The van der Waals surface area contributed by atoms with E-state index in [1.165, 1.54) is 0 Å². The van der Waals surface area contributed by atoms with Gasteiger partial charge in [-0.25, -0.2) is 0 Å². The number of benzene rings is 2. The lowest BCUT2D eigenvalue weighted by atomic mass is 10.1. The molecule has 21 heavy (non-hydrogen) atoms. The van der Waals surface area contributed by atoms with Crippen molar-refractivity contribution in [2.24, 2.45) is 0 Å². The maximum absolute atomic E-state index is 9.35. The molecule has 0 fully saturated rings. The fraction of sp³-hybridized carbons (Fsp3) is 0.188. The molecule has 2 aromatic carbocycles. The van der Waals surface area contributed by atoms with Gasteiger partial charge >= 0.3 is 0 Å². The number of hydrogen-bond acceptors (Lipinski definition) is 4. The van der Waals surface area contributed by atoms with E-state index in [4.69, 9.17) is 14.7 Å². The van der Waals surface area contributed by atoms with Crippen LogP contribution in [0.5, 0.6) is 11.5 Å². The lowest BCUT2D eigenvalue weighted by Gasteiger charge is -2.13. The summed E-state index contributed by atoms with van der Waals surface area (Å²) in [5.74, 6) is 1.27. The third kappa shape index (κ3) is 3.75. The fourth-order valence-electron chi connectivity index (χ4n) is 1.93. The SMILES string of the molecule is COc1ccc(C#N)cc1COc1ccc(Br)cc1CO. The van der Waals surface area contributed by atoms with Crippen molar-refractivity contribution in [3.63, 3.8) is 0 Å². The first-order valence-corrected chi connectivity index (χ1v) is 7.06. The molecule has 0 aliphatic carbocycles. The maximum atomic E-state index is 9.35. The average Bonchev–Trinajstić information content (AvgIpc) is 2.53. The highest BCUT2D eigenvalue weighted by Crippen LogP contribution is 2.26. The van der Waals surface area contributed by atoms with Crippen LogP contribution >= 0.6 is 15.9 Å². The summed E-state index contributed by atoms with van der Waals surface area (Å²) in [6.45, 7) is 0.150. The summed E-state index contributed by atoms with van der Waals surface area (Å²) in [6, 6.07) is 12.7. The zero-order valence-electron chi connectivity index (χ0n) is 11.5. The van der Waals surface area contributed by atoms with Crippen LogP contribution in [0.25, 0.3) is 0 Å². The molecule has 0 unspecified atom stereocenters. The molecule has 0 amide bonds. The van der Waals surface area contributed by atoms with Gasteiger partial charge in [-0.1, -0.05) is 15.9 Å². The Kier molecular flexibility index (Phi) is 5.20. The van der Waals surface area contributed by atoms with E-state index in [-0.39, 0.29) is 13.2 Å². The van der Waals surface area contributed by atoms with Gasteiger partial charge in [0.2, 0.25) is 0 Å². The number of hydrogen-bond donors (Lipinski definition) is 1. The van der Waals surface area contributed by atoms with Crippen LogP contribution in [-0.4, -0.2) is 12.2 Å². The molecule has 5 heteroatoms. The Bertz CT molecular complexity index is 680. The number of nitrogens with zero attached hydrogens (tertiary/aromatic N) is 1. The van der Waals surface area contributed by atoms with Crippen LogP contribution < -0.4 is 9.47 Å². The van der Waals surface area contributed by atoms with E-state index in [0.717, 1.165) is 10.0 Å². The van der Waals surface area contributed by atoms with E-state index in [9.17, 15) is 5.11 Å². The van der Waals surface area contributed by atoms with Crippen molar-refractivity contribution in [1.82, 2.24) is 0 Å². The summed E-state index contributed by atoms with van der Waals surface area (Å²) in [6.07, 6.45) is 0. The van der Waals surface area contributed by atoms with E-state index in [1.54, 1.807) is 37.4 Å². The zero-order valence-corrected chi connectivity index (χ0v) is 13.1. The first kappa shape index (κ1) is 15.4. The van der Waals surface area contributed by atoms with Gasteiger partial charge in [0.15, 0.2) is 0 Å². The zero-order chi connectivity index (χ0) is 15.2. The van der Waals surface area contributed by atoms with Crippen LogP contribution in [0.3, 0.4) is 0 Å². The standard InChI is InChI=1S/C16H14BrNO3/c1-20-15-4-2-11(8-18)6-13(15)10-21-16-5-3-14(17)7-12(16)9-19/h2-7,19H,9-10H2,1H3. The number of methoxy groups -OCH3 is 1. The molecule has 2 aromatic rings. The molecule has 0 bridgehead atoms. The van der Waals surface area contributed by atoms with Gasteiger partial charge in [-0.15, -0.1) is 0 Å². The summed E-state index contributed by atoms with van der Waals surface area (Å²) >= 11 is 3.35. The van der Waals surface area contributed by atoms with Gasteiger partial charge in [-0.2, -0.15) is 5.26 Å². The summed E-state index contributed by atoms with van der Waals surface area (Å²) < 4.78 is 11.9. The van der Waals surface area contributed by atoms with Gasteiger partial charge in [-0.3, -0.25) is 0 Å². The number of nitriles is 1. The highest BCUT2D eigenvalue weighted by molar-refractivity contribution is 9.10. The van der Waals surface area contributed by atoms with Gasteiger partial charge in [0.25, 0.3) is 0 Å². The molecule has 0 spiro atoms. The van der Waals surface area contributed by atoms with Gasteiger partial charge in [0, 0.05) is 15.6 Å². The van der Waals surface area contributed by atoms with Crippen molar-refractivity contribution in [3.05, 3.63) is 57.6 Å². The highest BCUT2D eigenvalue weighted by atomic mass is 79.9. The maximum Gasteiger partial charge on any atom is 0.125 e. The highest BCUT2D eigenvalue weighted by Gasteiger charge is 2.08. The molecule has 0 heterocycles. The number of rotatable bonds is 5. The molecular formula is C16H14BrNO3. The molecule has 4 nitrogen and oxygen atoms in total. The Morgan fingerprint density at radius 1 is 1.14 bits per heavy atom. The molecule has 0 atom stereocenters. The average molecular weight is 348 g/mol. The Labute approximate surface area is 131 Å². The van der Waals surface area contributed by atoms with E-state index < -0.39 is 0 Å². The first-order valence-electron chi connectivity index (χ1n) is 6.27. The van der Waals surface area contributed by atoms with Crippen LogP contribution in [0.2, 0.25) is 0 Å². The molecule has 0 aliphatic rings. The second-order valence-corrected chi connectivity index (χ2v) is 5.25. The predicted octanol–water partition coefficient (Wildman–Crippen LogP) is 3.40. The summed E-state index contributed by atoms with van der Waals surface area (Å²) in [4.78, 5) is 0. The number of halogens is 1. The minimum absolute atomic E-state index is 0.107. The molecule has 2 rings (SSSR count). The number of aliphatic hydroxyl groups is 1.